The molecule has 0 unspecified atom stereocenters. The van der Waals surface area contributed by atoms with Crippen molar-refractivity contribution in [1.82, 2.24) is 5.32 Å². The quantitative estimate of drug-likeness (QED) is 0.657. The molecule has 0 saturated heterocycles. The minimum absolute atomic E-state index is 0.313. The van der Waals surface area contributed by atoms with Crippen LogP contribution in [0.2, 0.25) is 0 Å². The Kier molecular flexibility index (Phi) is 6.79. The van der Waals surface area contributed by atoms with E-state index in [-0.39, 0.29) is 0 Å². The van der Waals surface area contributed by atoms with Gasteiger partial charge in [0.05, 0.1) is 32.2 Å². The first kappa shape index (κ1) is 22.5. The summed E-state index contributed by atoms with van der Waals surface area (Å²) >= 11 is 0. The highest BCUT2D eigenvalue weighted by Gasteiger charge is 2.24. The van der Waals surface area contributed by atoms with Gasteiger partial charge in [-0.2, -0.15) is 0 Å². The van der Waals surface area contributed by atoms with Gasteiger partial charge in [-0.15, -0.1) is 0 Å². The van der Waals surface area contributed by atoms with Crippen LogP contribution < -0.4 is 28.6 Å². The van der Waals surface area contributed by atoms with Gasteiger partial charge in [0.15, 0.2) is 11.5 Å². The third kappa shape index (κ3) is 5.32. The van der Waals surface area contributed by atoms with Crippen molar-refractivity contribution in [3.63, 3.8) is 0 Å². The van der Waals surface area contributed by atoms with Crippen LogP contribution in [0.15, 0.2) is 36.4 Å². The van der Waals surface area contributed by atoms with E-state index in [1.165, 1.54) is 7.11 Å². The largest absolute Gasteiger partial charge is 0.497 e. The first-order valence-electron chi connectivity index (χ1n) is 9.61. The molecule has 3 rings (SSSR count). The van der Waals surface area contributed by atoms with Gasteiger partial charge in [-0.05, 0) is 37.3 Å². The van der Waals surface area contributed by atoms with E-state index < -0.39 is 28.5 Å². The van der Waals surface area contributed by atoms with Crippen molar-refractivity contribution in [3.8, 4) is 23.0 Å². The van der Waals surface area contributed by atoms with Gasteiger partial charge in [-0.3, -0.25) is 9.10 Å². The fourth-order valence-electron chi connectivity index (χ4n) is 3.26. The lowest BCUT2D eigenvalue weighted by molar-refractivity contribution is -0.120. The van der Waals surface area contributed by atoms with Crippen molar-refractivity contribution >= 4 is 21.6 Å². The maximum atomic E-state index is 12.8. The third-order valence-electron chi connectivity index (χ3n) is 4.78. The summed E-state index contributed by atoms with van der Waals surface area (Å²) in [5.41, 5.74) is 1.02. The molecule has 0 bridgehead atoms. The smallest absolute Gasteiger partial charge is 0.241 e. The molecule has 0 fully saturated rings. The van der Waals surface area contributed by atoms with Crippen LogP contribution in [-0.4, -0.2) is 54.6 Å². The first-order chi connectivity index (χ1) is 14.7. The number of hydrogen-bond acceptors (Lipinski definition) is 7. The van der Waals surface area contributed by atoms with Crippen LogP contribution in [-0.2, 0) is 14.8 Å². The Morgan fingerprint density at radius 1 is 1.10 bits per heavy atom. The summed E-state index contributed by atoms with van der Waals surface area (Å²) in [5, 5.41) is 2.82. The lowest BCUT2D eigenvalue weighted by atomic mass is 10.1. The van der Waals surface area contributed by atoms with Crippen molar-refractivity contribution < 1.29 is 32.2 Å². The van der Waals surface area contributed by atoms with Crippen LogP contribution in [0.1, 0.15) is 18.5 Å². The average Bonchev–Trinajstić information content (AvgIpc) is 2.75. The highest BCUT2D eigenvalue weighted by atomic mass is 32.2. The van der Waals surface area contributed by atoms with Crippen LogP contribution in [0.4, 0.5) is 5.69 Å². The Hall–Kier alpha value is -3.14. The molecule has 1 amide bonds. The lowest BCUT2D eigenvalue weighted by Gasteiger charge is -2.25. The fourth-order valence-corrected chi connectivity index (χ4v) is 4.11. The van der Waals surface area contributed by atoms with Crippen molar-refractivity contribution in [2.24, 2.45) is 0 Å². The number of carbonyl (C=O) groups excluding carboxylic acids is 1. The number of fused-ring (bicyclic) bond motifs is 1. The second kappa shape index (κ2) is 9.34. The lowest BCUT2D eigenvalue weighted by Crippen LogP contribution is -2.41. The van der Waals surface area contributed by atoms with Gasteiger partial charge in [0.1, 0.15) is 31.3 Å². The highest BCUT2D eigenvalue weighted by Crippen LogP contribution is 2.35. The molecular weight excluding hydrogens is 424 g/mol. The number of rotatable bonds is 8. The Morgan fingerprint density at radius 3 is 2.45 bits per heavy atom. The van der Waals surface area contributed by atoms with E-state index in [1.807, 2.05) is 0 Å². The number of carbonyl (C=O) groups is 1. The first-order valence-corrected chi connectivity index (χ1v) is 11.5. The molecule has 0 aliphatic carbocycles. The van der Waals surface area contributed by atoms with Gasteiger partial charge >= 0.3 is 0 Å². The minimum atomic E-state index is -3.73. The molecule has 0 spiro atoms. The van der Waals surface area contributed by atoms with Crippen LogP contribution in [0, 0.1) is 0 Å². The molecule has 2 aromatic carbocycles. The zero-order valence-electron chi connectivity index (χ0n) is 17.9. The molecule has 31 heavy (non-hydrogen) atoms. The summed E-state index contributed by atoms with van der Waals surface area (Å²) in [6.45, 7) is 2.19. The molecule has 1 atom stereocenters. The predicted octanol–water partition coefficient (Wildman–Crippen LogP) is 2.12. The Balaban J connectivity index is 1.79. The summed E-state index contributed by atoms with van der Waals surface area (Å²) in [5.74, 6) is 1.70. The van der Waals surface area contributed by atoms with Gasteiger partial charge < -0.3 is 24.3 Å². The Labute approximate surface area is 181 Å². The zero-order chi connectivity index (χ0) is 22.6. The molecule has 0 radical (unpaired) electrons. The number of nitrogens with zero attached hydrogens (tertiary/aromatic N) is 1. The number of methoxy groups -OCH3 is 2. The molecule has 10 heteroatoms. The Bertz CT molecular complexity index is 1060. The van der Waals surface area contributed by atoms with Gasteiger partial charge in [0, 0.05) is 11.6 Å². The summed E-state index contributed by atoms with van der Waals surface area (Å²) in [4.78, 5) is 12.8. The molecule has 0 aromatic heterocycles. The molecule has 168 valence electrons. The number of nitrogens with one attached hydrogen (secondary N) is 1. The van der Waals surface area contributed by atoms with Crippen molar-refractivity contribution in [2.45, 2.75) is 13.0 Å². The summed E-state index contributed by atoms with van der Waals surface area (Å²) in [6.07, 6.45) is 1.05. The third-order valence-corrected chi connectivity index (χ3v) is 5.92. The number of anilines is 1. The molecule has 9 nitrogen and oxygen atoms in total. The van der Waals surface area contributed by atoms with Gasteiger partial charge in [-0.25, -0.2) is 8.42 Å². The van der Waals surface area contributed by atoms with Crippen LogP contribution in [0.5, 0.6) is 23.0 Å². The van der Waals surface area contributed by atoms with E-state index in [9.17, 15) is 13.2 Å². The number of benzene rings is 2. The molecule has 1 heterocycles. The van der Waals surface area contributed by atoms with Crippen molar-refractivity contribution in [3.05, 3.63) is 42.0 Å². The number of ether oxygens (including phenoxy) is 4. The standard InChI is InChI=1S/C21H26N2O7S/c1-14(17-12-16(27-2)6-8-18(17)28-3)22-21(24)13-23(31(4,25)26)15-5-7-19-20(11-15)30-10-9-29-19/h5-8,11-12,14H,9-10,13H2,1-4H3,(H,22,24)/t14-/m0/s1. The van der Waals surface area contributed by atoms with Crippen LogP contribution >= 0.6 is 0 Å². The van der Waals surface area contributed by atoms with Gasteiger partial charge in [0.2, 0.25) is 15.9 Å². The van der Waals surface area contributed by atoms with E-state index in [1.54, 1.807) is 50.4 Å². The normalized spacial score (nSPS) is 13.8. The molecule has 1 N–H and O–H groups in total. The van der Waals surface area contributed by atoms with E-state index in [0.717, 1.165) is 10.6 Å². The number of hydrogen-bond donors (Lipinski definition) is 1. The Morgan fingerprint density at radius 2 is 1.81 bits per heavy atom. The van der Waals surface area contributed by atoms with Crippen LogP contribution in [0.3, 0.4) is 0 Å². The topological polar surface area (TPSA) is 103 Å². The SMILES string of the molecule is COc1ccc(OC)c([C@H](C)NC(=O)CN(c2ccc3c(c2)OCCO3)S(C)(=O)=O)c1. The van der Waals surface area contributed by atoms with Crippen molar-refractivity contribution in [1.29, 1.82) is 0 Å². The molecule has 2 aromatic rings. The van der Waals surface area contributed by atoms with E-state index in [4.69, 9.17) is 18.9 Å². The number of amides is 1. The van der Waals surface area contributed by atoms with Crippen molar-refractivity contribution in [2.75, 3.05) is 44.5 Å². The fraction of sp³-hybridized carbons (Fsp3) is 0.381. The van der Waals surface area contributed by atoms with Gasteiger partial charge in [-0.1, -0.05) is 0 Å². The molecule has 1 aliphatic rings. The number of sulfonamides is 1. The maximum Gasteiger partial charge on any atom is 0.241 e. The zero-order valence-corrected chi connectivity index (χ0v) is 18.7. The van der Waals surface area contributed by atoms with E-state index in [2.05, 4.69) is 5.32 Å². The monoisotopic (exact) mass is 450 g/mol. The molecule has 1 aliphatic heterocycles. The maximum absolute atomic E-state index is 12.8. The molecular formula is C21H26N2O7S. The summed E-state index contributed by atoms with van der Waals surface area (Å²) in [6, 6.07) is 9.58. The minimum Gasteiger partial charge on any atom is -0.497 e. The average molecular weight is 451 g/mol. The van der Waals surface area contributed by atoms with Crippen LogP contribution in [0.25, 0.3) is 0 Å². The second-order valence-electron chi connectivity index (χ2n) is 6.99. The summed E-state index contributed by atoms with van der Waals surface area (Å²) < 4.78 is 47.5. The molecule has 0 saturated carbocycles. The predicted molar refractivity (Wildman–Crippen MR) is 116 cm³/mol. The highest BCUT2D eigenvalue weighted by molar-refractivity contribution is 7.92. The summed E-state index contributed by atoms with van der Waals surface area (Å²) in [7, 11) is -0.649. The second-order valence-corrected chi connectivity index (χ2v) is 8.90. The van der Waals surface area contributed by atoms with Gasteiger partial charge in [0.25, 0.3) is 0 Å². The van der Waals surface area contributed by atoms with E-state index >= 15 is 0 Å². The van der Waals surface area contributed by atoms with E-state index in [0.29, 0.717) is 47.5 Å².